The number of rotatable bonds is 7. The number of morpholine rings is 1. The molecule has 3 N–H and O–H groups in total. The van der Waals surface area contributed by atoms with Gasteiger partial charge < -0.3 is 20.4 Å². The molecule has 1 atom stereocenters. The minimum atomic E-state index is -0.248. The second kappa shape index (κ2) is 12.3. The van der Waals surface area contributed by atoms with E-state index in [9.17, 15) is 8.78 Å². The number of halogens is 3. The van der Waals surface area contributed by atoms with E-state index < -0.39 is 0 Å². The number of guanidine groups is 1. The van der Waals surface area contributed by atoms with Crippen LogP contribution >= 0.6 is 24.0 Å². The van der Waals surface area contributed by atoms with Gasteiger partial charge in [-0.05, 0) is 47.9 Å². The van der Waals surface area contributed by atoms with Crippen LogP contribution in [0.25, 0.3) is 10.9 Å². The van der Waals surface area contributed by atoms with Crippen molar-refractivity contribution in [1.82, 2.24) is 20.5 Å². The first-order valence-corrected chi connectivity index (χ1v) is 10.9. The van der Waals surface area contributed by atoms with Gasteiger partial charge in [-0.1, -0.05) is 12.1 Å². The van der Waals surface area contributed by atoms with Crippen LogP contribution in [0.3, 0.4) is 0 Å². The van der Waals surface area contributed by atoms with Crippen molar-refractivity contribution in [3.05, 3.63) is 71.4 Å². The lowest BCUT2D eigenvalue weighted by molar-refractivity contribution is 0.0169. The quantitative estimate of drug-likeness (QED) is 0.230. The lowest BCUT2D eigenvalue weighted by atomic mass is 10.0. The molecule has 2 heterocycles. The van der Waals surface area contributed by atoms with Crippen molar-refractivity contribution in [1.29, 1.82) is 0 Å². The van der Waals surface area contributed by atoms with Gasteiger partial charge in [-0.3, -0.25) is 9.89 Å². The Kier molecular flexibility index (Phi) is 9.45. The van der Waals surface area contributed by atoms with E-state index in [-0.39, 0.29) is 41.7 Å². The van der Waals surface area contributed by atoms with Crippen molar-refractivity contribution in [3.8, 4) is 0 Å². The zero-order valence-corrected chi connectivity index (χ0v) is 20.9. The predicted molar refractivity (Wildman–Crippen MR) is 138 cm³/mol. The SMILES string of the molecule is CN=C(NCCc1c[nH]c2cc(F)ccc12)NCC(c1cccc(F)c1)N1CCOCC1.I. The smallest absolute Gasteiger partial charge is 0.191 e. The summed E-state index contributed by atoms with van der Waals surface area (Å²) in [5, 5.41) is 7.75. The minimum Gasteiger partial charge on any atom is -0.379 e. The Morgan fingerprint density at radius 1 is 1.12 bits per heavy atom. The first-order valence-electron chi connectivity index (χ1n) is 10.9. The number of aromatic amines is 1. The molecular weight excluding hydrogens is 539 g/mol. The molecule has 4 rings (SSSR count). The number of hydrogen-bond acceptors (Lipinski definition) is 3. The topological polar surface area (TPSA) is 64.7 Å². The number of nitrogens with zero attached hydrogens (tertiary/aromatic N) is 2. The number of aromatic nitrogens is 1. The van der Waals surface area contributed by atoms with E-state index in [4.69, 9.17) is 4.74 Å². The summed E-state index contributed by atoms with van der Waals surface area (Å²) < 4.78 is 32.7. The highest BCUT2D eigenvalue weighted by Crippen LogP contribution is 2.22. The average Bonchev–Trinajstić information content (AvgIpc) is 3.20. The fraction of sp³-hybridized carbons (Fsp3) is 0.375. The number of fused-ring (bicyclic) bond motifs is 1. The molecule has 3 aromatic rings. The lowest BCUT2D eigenvalue weighted by Gasteiger charge is -2.35. The molecule has 0 spiro atoms. The Morgan fingerprint density at radius 3 is 2.67 bits per heavy atom. The van der Waals surface area contributed by atoms with Gasteiger partial charge in [0.25, 0.3) is 0 Å². The van der Waals surface area contributed by atoms with Crippen LogP contribution in [-0.2, 0) is 11.2 Å². The summed E-state index contributed by atoms with van der Waals surface area (Å²) in [5.74, 6) is 0.203. The molecule has 0 bridgehead atoms. The zero-order valence-electron chi connectivity index (χ0n) is 18.6. The Hall–Kier alpha value is -2.24. The van der Waals surface area contributed by atoms with Crippen LogP contribution in [0.5, 0.6) is 0 Å². The predicted octanol–water partition coefficient (Wildman–Crippen LogP) is 3.85. The normalized spacial score (nSPS) is 15.8. The van der Waals surface area contributed by atoms with Gasteiger partial charge in [0.15, 0.2) is 5.96 Å². The Bertz CT molecular complexity index is 1070. The standard InChI is InChI=1S/C24H29F2N5O.HI/c1-27-24(28-8-7-18-15-29-22-14-20(26)5-6-21(18)22)30-16-23(31-9-11-32-12-10-31)17-3-2-4-19(25)13-17;/h2-6,13-15,23,29H,7-12,16H2,1H3,(H2,27,28,30);1H. The van der Waals surface area contributed by atoms with Crippen molar-refractivity contribution in [2.75, 3.05) is 46.4 Å². The summed E-state index contributed by atoms with van der Waals surface area (Å²) >= 11 is 0. The van der Waals surface area contributed by atoms with Crippen LogP contribution in [0.1, 0.15) is 17.2 Å². The van der Waals surface area contributed by atoms with Crippen molar-refractivity contribution < 1.29 is 13.5 Å². The largest absolute Gasteiger partial charge is 0.379 e. The van der Waals surface area contributed by atoms with Gasteiger partial charge in [0, 0.05) is 50.3 Å². The number of H-pyrrole nitrogens is 1. The molecule has 0 radical (unpaired) electrons. The summed E-state index contributed by atoms with van der Waals surface area (Å²) in [4.78, 5) is 9.76. The maximum atomic E-state index is 13.9. The van der Waals surface area contributed by atoms with Gasteiger partial charge in [0.05, 0.1) is 19.3 Å². The van der Waals surface area contributed by atoms with Crippen LogP contribution < -0.4 is 10.6 Å². The van der Waals surface area contributed by atoms with Gasteiger partial charge >= 0.3 is 0 Å². The van der Waals surface area contributed by atoms with Crippen LogP contribution in [0.15, 0.2) is 53.7 Å². The third kappa shape index (κ3) is 6.64. The number of nitrogens with one attached hydrogen (secondary N) is 3. The highest BCUT2D eigenvalue weighted by Gasteiger charge is 2.23. The summed E-state index contributed by atoms with van der Waals surface area (Å²) in [6.45, 7) is 4.22. The number of aliphatic imine (C=N–C) groups is 1. The molecular formula is C24H30F2IN5O. The van der Waals surface area contributed by atoms with Gasteiger partial charge in [-0.15, -0.1) is 24.0 Å². The Morgan fingerprint density at radius 2 is 1.91 bits per heavy atom. The summed E-state index contributed by atoms with van der Waals surface area (Å²) in [7, 11) is 1.73. The molecule has 33 heavy (non-hydrogen) atoms. The Labute approximate surface area is 209 Å². The average molecular weight is 569 g/mol. The molecule has 6 nitrogen and oxygen atoms in total. The molecule has 0 amide bonds. The third-order valence-corrected chi connectivity index (χ3v) is 5.82. The van der Waals surface area contributed by atoms with Gasteiger partial charge in [0.2, 0.25) is 0 Å². The molecule has 0 aliphatic carbocycles. The fourth-order valence-electron chi connectivity index (χ4n) is 4.16. The van der Waals surface area contributed by atoms with Crippen LogP contribution in [0.2, 0.25) is 0 Å². The minimum absolute atomic E-state index is 0. The Balaban J connectivity index is 0.00000306. The van der Waals surface area contributed by atoms with E-state index in [1.807, 2.05) is 12.3 Å². The zero-order chi connectivity index (χ0) is 22.3. The van der Waals surface area contributed by atoms with Crippen molar-refractivity contribution >= 4 is 40.8 Å². The van der Waals surface area contributed by atoms with E-state index in [2.05, 4.69) is 25.5 Å². The number of hydrogen-bond donors (Lipinski definition) is 3. The summed E-state index contributed by atoms with van der Waals surface area (Å²) in [6.07, 6.45) is 2.68. The number of benzene rings is 2. The third-order valence-electron chi connectivity index (χ3n) is 5.82. The second-order valence-corrected chi connectivity index (χ2v) is 7.85. The second-order valence-electron chi connectivity index (χ2n) is 7.85. The molecule has 1 aliphatic rings. The van der Waals surface area contributed by atoms with E-state index in [1.54, 1.807) is 25.2 Å². The van der Waals surface area contributed by atoms with Gasteiger partial charge in [0.1, 0.15) is 11.6 Å². The highest BCUT2D eigenvalue weighted by molar-refractivity contribution is 14.0. The summed E-state index contributed by atoms with van der Waals surface area (Å²) in [5.41, 5.74) is 2.85. The molecule has 0 saturated carbocycles. The molecule has 1 aliphatic heterocycles. The first kappa shape index (κ1) is 25.4. The van der Waals surface area contributed by atoms with Crippen molar-refractivity contribution in [2.24, 2.45) is 4.99 Å². The van der Waals surface area contributed by atoms with Gasteiger partial charge in [-0.2, -0.15) is 0 Å². The number of ether oxygens (including phenoxy) is 1. The fourth-order valence-corrected chi connectivity index (χ4v) is 4.16. The molecule has 1 unspecified atom stereocenters. The molecule has 9 heteroatoms. The van der Waals surface area contributed by atoms with Crippen molar-refractivity contribution in [3.63, 3.8) is 0 Å². The highest BCUT2D eigenvalue weighted by atomic mass is 127. The summed E-state index contributed by atoms with van der Waals surface area (Å²) in [6, 6.07) is 11.6. The molecule has 1 saturated heterocycles. The lowest BCUT2D eigenvalue weighted by Crippen LogP contribution is -2.46. The molecule has 1 aromatic heterocycles. The van der Waals surface area contributed by atoms with Crippen LogP contribution in [-0.4, -0.2) is 62.3 Å². The molecule has 178 valence electrons. The monoisotopic (exact) mass is 569 g/mol. The van der Waals surface area contributed by atoms with E-state index in [0.29, 0.717) is 32.3 Å². The first-order chi connectivity index (χ1) is 15.6. The molecule has 2 aromatic carbocycles. The van der Waals surface area contributed by atoms with E-state index in [1.165, 1.54) is 18.2 Å². The van der Waals surface area contributed by atoms with E-state index >= 15 is 0 Å². The maximum Gasteiger partial charge on any atom is 0.191 e. The molecule has 1 fully saturated rings. The van der Waals surface area contributed by atoms with Crippen LogP contribution in [0.4, 0.5) is 8.78 Å². The van der Waals surface area contributed by atoms with Crippen molar-refractivity contribution in [2.45, 2.75) is 12.5 Å². The van der Waals surface area contributed by atoms with Crippen LogP contribution in [0, 0.1) is 11.6 Å². The van der Waals surface area contributed by atoms with E-state index in [0.717, 1.165) is 41.5 Å². The van der Waals surface area contributed by atoms with Gasteiger partial charge in [-0.25, -0.2) is 8.78 Å². The maximum absolute atomic E-state index is 13.9.